The molecule has 0 bridgehead atoms. The zero-order valence-electron chi connectivity index (χ0n) is 15.7. The molecule has 1 unspecified atom stereocenters. The van der Waals surface area contributed by atoms with Crippen LogP contribution in [-0.2, 0) is 14.6 Å². The lowest BCUT2D eigenvalue weighted by molar-refractivity contribution is 0.0124. The number of hydrogen-bond acceptors (Lipinski definition) is 5. The first-order valence-electron chi connectivity index (χ1n) is 8.76. The molecule has 1 aliphatic rings. The summed E-state index contributed by atoms with van der Waals surface area (Å²) in [6.07, 6.45) is 4.93. The first-order valence-corrected chi connectivity index (χ1v) is 10.4. The number of amides is 1. The maximum atomic E-state index is 12.8. The van der Waals surface area contributed by atoms with Crippen molar-refractivity contribution < 1.29 is 17.9 Å². The maximum Gasteiger partial charge on any atom is 0.410 e. The Morgan fingerprint density at radius 3 is 2.60 bits per heavy atom. The Hall–Kier alpha value is -1.57. The second-order valence-electron chi connectivity index (χ2n) is 7.85. The van der Waals surface area contributed by atoms with Gasteiger partial charge < -0.3 is 9.64 Å². The minimum Gasteiger partial charge on any atom is -0.444 e. The van der Waals surface area contributed by atoms with Crippen molar-refractivity contribution in [3.8, 4) is 0 Å². The number of aromatic nitrogens is 2. The molecule has 0 aliphatic carbocycles. The van der Waals surface area contributed by atoms with Crippen molar-refractivity contribution in [1.29, 1.82) is 0 Å². The standard InChI is InChI=1S/C17H29N3O4S/c1-13(2)20-11-15(10-18-20)25(22,23)12-14-8-6-7-9-19(14)16(21)24-17(3,4)5/h10-11,13-14H,6-9,12H2,1-5H3. The highest BCUT2D eigenvalue weighted by atomic mass is 32.2. The monoisotopic (exact) mass is 371 g/mol. The molecule has 1 saturated heterocycles. The molecule has 0 N–H and O–H groups in total. The van der Waals surface area contributed by atoms with Crippen LogP contribution >= 0.6 is 0 Å². The van der Waals surface area contributed by atoms with Gasteiger partial charge in [0.05, 0.1) is 11.9 Å². The normalized spacial score (nSPS) is 19.3. The van der Waals surface area contributed by atoms with Crippen LogP contribution in [0.2, 0.25) is 0 Å². The van der Waals surface area contributed by atoms with Gasteiger partial charge in [0.25, 0.3) is 0 Å². The smallest absolute Gasteiger partial charge is 0.410 e. The molecule has 1 fully saturated rings. The fraction of sp³-hybridized carbons (Fsp3) is 0.765. The van der Waals surface area contributed by atoms with Crippen LogP contribution < -0.4 is 0 Å². The number of ether oxygens (including phenoxy) is 1. The Bertz CT molecular complexity index is 704. The predicted molar refractivity (Wildman–Crippen MR) is 95.2 cm³/mol. The maximum absolute atomic E-state index is 12.8. The molecular weight excluding hydrogens is 342 g/mol. The highest BCUT2D eigenvalue weighted by molar-refractivity contribution is 7.91. The number of nitrogens with zero attached hydrogens (tertiary/aromatic N) is 3. The molecule has 1 aliphatic heterocycles. The number of carbonyl (C=O) groups is 1. The van der Waals surface area contributed by atoms with Crippen LogP contribution in [0.1, 0.15) is 59.9 Å². The number of rotatable bonds is 4. The first-order chi connectivity index (χ1) is 11.5. The third-order valence-corrected chi connectivity index (χ3v) is 5.89. The molecule has 0 aromatic carbocycles. The SMILES string of the molecule is CC(C)n1cc(S(=O)(=O)CC2CCCCN2C(=O)OC(C)(C)C)cn1. The molecule has 0 saturated carbocycles. The molecule has 1 aromatic heterocycles. The van der Waals surface area contributed by atoms with E-state index in [1.807, 2.05) is 13.8 Å². The van der Waals surface area contributed by atoms with Crippen molar-refractivity contribution in [2.24, 2.45) is 0 Å². The van der Waals surface area contributed by atoms with Gasteiger partial charge in [-0.2, -0.15) is 5.10 Å². The molecule has 142 valence electrons. The minimum absolute atomic E-state index is 0.0943. The average Bonchev–Trinajstić information content (AvgIpc) is 2.96. The van der Waals surface area contributed by atoms with Gasteiger partial charge in [0.1, 0.15) is 10.5 Å². The molecule has 25 heavy (non-hydrogen) atoms. The molecular formula is C17H29N3O4S. The summed E-state index contributed by atoms with van der Waals surface area (Å²) >= 11 is 0. The zero-order chi connectivity index (χ0) is 18.8. The lowest BCUT2D eigenvalue weighted by atomic mass is 10.0. The van der Waals surface area contributed by atoms with Gasteiger partial charge in [-0.1, -0.05) is 0 Å². The van der Waals surface area contributed by atoms with Crippen molar-refractivity contribution in [2.45, 2.75) is 76.5 Å². The van der Waals surface area contributed by atoms with E-state index in [4.69, 9.17) is 4.74 Å². The third kappa shape index (κ3) is 5.20. The Kier molecular flexibility index (Phi) is 5.81. The second kappa shape index (κ2) is 7.35. The Balaban J connectivity index is 2.15. The fourth-order valence-electron chi connectivity index (χ4n) is 2.85. The number of carbonyl (C=O) groups excluding carboxylic acids is 1. The number of sulfone groups is 1. The summed E-state index contributed by atoms with van der Waals surface area (Å²) < 4.78 is 32.6. The van der Waals surface area contributed by atoms with E-state index in [0.29, 0.717) is 13.0 Å². The summed E-state index contributed by atoms with van der Waals surface area (Å²) in [4.78, 5) is 14.2. The van der Waals surface area contributed by atoms with Gasteiger partial charge in [-0.05, 0) is 53.9 Å². The second-order valence-corrected chi connectivity index (χ2v) is 9.89. The molecule has 1 atom stereocenters. The van der Waals surface area contributed by atoms with Crippen LogP contribution in [0.3, 0.4) is 0 Å². The van der Waals surface area contributed by atoms with Gasteiger partial charge in [-0.15, -0.1) is 0 Å². The van der Waals surface area contributed by atoms with Crippen molar-refractivity contribution >= 4 is 15.9 Å². The highest BCUT2D eigenvalue weighted by Crippen LogP contribution is 2.24. The summed E-state index contributed by atoms with van der Waals surface area (Å²) in [5.74, 6) is -0.101. The van der Waals surface area contributed by atoms with Gasteiger partial charge in [0.2, 0.25) is 0 Å². The zero-order valence-corrected chi connectivity index (χ0v) is 16.5. The number of hydrogen-bond donors (Lipinski definition) is 0. The summed E-state index contributed by atoms with van der Waals surface area (Å²) in [5, 5.41) is 4.11. The molecule has 0 radical (unpaired) electrons. The Morgan fingerprint density at radius 2 is 2.04 bits per heavy atom. The van der Waals surface area contributed by atoms with E-state index in [2.05, 4.69) is 5.10 Å². The summed E-state index contributed by atoms with van der Waals surface area (Å²) in [6, 6.07) is -0.270. The van der Waals surface area contributed by atoms with E-state index in [1.54, 1.807) is 36.5 Å². The van der Waals surface area contributed by atoms with E-state index >= 15 is 0 Å². The molecule has 2 heterocycles. The van der Waals surface area contributed by atoms with Crippen LogP contribution in [0.25, 0.3) is 0 Å². The molecule has 7 nitrogen and oxygen atoms in total. The van der Waals surface area contributed by atoms with Crippen molar-refractivity contribution in [1.82, 2.24) is 14.7 Å². The van der Waals surface area contributed by atoms with Crippen LogP contribution in [0, 0.1) is 0 Å². The van der Waals surface area contributed by atoms with E-state index in [1.165, 1.54) is 6.20 Å². The lowest BCUT2D eigenvalue weighted by Crippen LogP contribution is -2.48. The van der Waals surface area contributed by atoms with Gasteiger partial charge in [0, 0.05) is 24.8 Å². The third-order valence-electron chi connectivity index (χ3n) is 4.13. The van der Waals surface area contributed by atoms with Gasteiger partial charge >= 0.3 is 6.09 Å². The van der Waals surface area contributed by atoms with Crippen LogP contribution in [0.4, 0.5) is 4.79 Å². The summed E-state index contributed by atoms with van der Waals surface area (Å²) in [6.45, 7) is 9.83. The Labute approximate surface area is 150 Å². The van der Waals surface area contributed by atoms with Crippen LogP contribution in [-0.4, -0.2) is 53.1 Å². The number of piperidine rings is 1. The lowest BCUT2D eigenvalue weighted by Gasteiger charge is -2.36. The molecule has 0 spiro atoms. The first kappa shape index (κ1) is 19.8. The van der Waals surface area contributed by atoms with E-state index in [9.17, 15) is 13.2 Å². The average molecular weight is 372 g/mol. The summed E-state index contributed by atoms with van der Waals surface area (Å²) in [7, 11) is -3.52. The largest absolute Gasteiger partial charge is 0.444 e. The Morgan fingerprint density at radius 1 is 1.36 bits per heavy atom. The van der Waals surface area contributed by atoms with Crippen molar-refractivity contribution in [3.05, 3.63) is 12.4 Å². The van der Waals surface area contributed by atoms with Crippen LogP contribution in [0.5, 0.6) is 0 Å². The topological polar surface area (TPSA) is 81.5 Å². The van der Waals surface area contributed by atoms with Crippen molar-refractivity contribution in [3.63, 3.8) is 0 Å². The summed E-state index contributed by atoms with van der Waals surface area (Å²) in [5.41, 5.74) is -0.601. The van der Waals surface area contributed by atoms with Crippen molar-refractivity contribution in [2.75, 3.05) is 12.3 Å². The van der Waals surface area contributed by atoms with Crippen LogP contribution in [0.15, 0.2) is 17.3 Å². The fourth-order valence-corrected chi connectivity index (χ4v) is 4.37. The van der Waals surface area contributed by atoms with E-state index < -0.39 is 21.5 Å². The molecule has 1 amide bonds. The predicted octanol–water partition coefficient (Wildman–Crippen LogP) is 3.03. The molecule has 1 aromatic rings. The van der Waals surface area contributed by atoms with E-state index in [-0.39, 0.29) is 22.7 Å². The minimum atomic E-state index is -3.52. The van der Waals surface area contributed by atoms with Gasteiger partial charge in [-0.25, -0.2) is 13.2 Å². The van der Waals surface area contributed by atoms with Gasteiger partial charge in [-0.3, -0.25) is 4.68 Å². The van der Waals surface area contributed by atoms with E-state index in [0.717, 1.165) is 12.8 Å². The molecule has 2 rings (SSSR count). The quantitative estimate of drug-likeness (QED) is 0.812. The molecule has 8 heteroatoms. The number of likely N-dealkylation sites (tertiary alicyclic amines) is 1. The van der Waals surface area contributed by atoms with Gasteiger partial charge in [0.15, 0.2) is 9.84 Å². The highest BCUT2D eigenvalue weighted by Gasteiger charge is 2.34.